The van der Waals surface area contributed by atoms with Gasteiger partial charge in [-0.05, 0) is 24.3 Å². The maximum atomic E-state index is 11.8. The highest BCUT2D eigenvalue weighted by molar-refractivity contribution is 6.30. The van der Waals surface area contributed by atoms with Crippen molar-refractivity contribution in [2.24, 2.45) is 5.41 Å². The number of ether oxygens (including phenoxy) is 1. The summed E-state index contributed by atoms with van der Waals surface area (Å²) in [4.78, 5) is 34.9. The Morgan fingerprint density at radius 2 is 1.73 bits per heavy atom. The van der Waals surface area contributed by atoms with Gasteiger partial charge in [-0.25, -0.2) is 0 Å². The second-order valence-electron chi connectivity index (χ2n) is 5.85. The van der Waals surface area contributed by atoms with Gasteiger partial charge in [-0.2, -0.15) is 0 Å². The van der Waals surface area contributed by atoms with Crippen LogP contribution < -0.4 is 5.32 Å². The topological polar surface area (TPSA) is 72.5 Å². The van der Waals surface area contributed by atoms with E-state index >= 15 is 0 Å². The van der Waals surface area contributed by atoms with Crippen LogP contribution in [0.15, 0.2) is 24.3 Å². The van der Waals surface area contributed by atoms with Gasteiger partial charge < -0.3 is 10.1 Å². The predicted octanol–water partition coefficient (Wildman–Crippen LogP) is 2.62. The largest absolute Gasteiger partial charge is 0.458 e. The van der Waals surface area contributed by atoms with E-state index in [1.165, 1.54) is 0 Å². The molecule has 6 heteroatoms. The molecule has 1 aromatic carbocycles. The fourth-order valence-corrected chi connectivity index (χ4v) is 1.54. The quantitative estimate of drug-likeness (QED) is 0.816. The molecule has 1 N–H and O–H groups in total. The van der Waals surface area contributed by atoms with E-state index in [4.69, 9.17) is 16.3 Å². The van der Waals surface area contributed by atoms with E-state index in [1.807, 2.05) is 0 Å². The van der Waals surface area contributed by atoms with Crippen molar-refractivity contribution in [2.75, 3.05) is 13.2 Å². The average Bonchev–Trinajstić information content (AvgIpc) is 2.44. The number of hydrogen-bond donors (Lipinski definition) is 1. The molecule has 0 saturated heterocycles. The van der Waals surface area contributed by atoms with Crippen molar-refractivity contribution in [1.82, 2.24) is 5.32 Å². The molecule has 0 heterocycles. The number of hydrogen-bond acceptors (Lipinski definition) is 4. The summed E-state index contributed by atoms with van der Waals surface area (Å²) in [5.41, 5.74) is -0.0797. The number of carbonyl (C=O) groups is 3. The zero-order chi connectivity index (χ0) is 16.8. The zero-order valence-electron chi connectivity index (χ0n) is 12.9. The molecule has 0 spiro atoms. The van der Waals surface area contributed by atoms with E-state index in [0.29, 0.717) is 10.6 Å². The summed E-state index contributed by atoms with van der Waals surface area (Å²) in [5.74, 6) is -0.963. The first-order chi connectivity index (χ1) is 10.2. The van der Waals surface area contributed by atoms with Gasteiger partial charge in [0.2, 0.25) is 0 Å². The number of carbonyl (C=O) groups excluding carboxylic acids is 3. The van der Waals surface area contributed by atoms with Crippen molar-refractivity contribution in [1.29, 1.82) is 0 Å². The van der Waals surface area contributed by atoms with Crippen LogP contribution in [0.5, 0.6) is 0 Å². The molecule has 1 amide bonds. The van der Waals surface area contributed by atoms with Crippen LogP contribution in [0, 0.1) is 5.41 Å². The third-order valence-corrected chi connectivity index (χ3v) is 3.17. The molecule has 0 aromatic heterocycles. The second-order valence-corrected chi connectivity index (χ2v) is 6.28. The smallest absolute Gasteiger partial charge is 0.308 e. The number of halogens is 1. The minimum absolute atomic E-state index is 0.0107. The van der Waals surface area contributed by atoms with Crippen LogP contribution in [0.25, 0.3) is 0 Å². The van der Waals surface area contributed by atoms with Gasteiger partial charge in [0.15, 0.2) is 12.4 Å². The summed E-state index contributed by atoms with van der Waals surface area (Å²) in [6.45, 7) is 5.18. The van der Waals surface area contributed by atoms with E-state index < -0.39 is 11.4 Å². The fourth-order valence-electron chi connectivity index (χ4n) is 1.42. The highest BCUT2D eigenvalue weighted by atomic mass is 35.5. The summed E-state index contributed by atoms with van der Waals surface area (Å²) >= 11 is 5.73. The Bertz CT molecular complexity index is 546. The van der Waals surface area contributed by atoms with Gasteiger partial charge in [0, 0.05) is 22.5 Å². The number of ketones is 1. The number of nitrogens with one attached hydrogen (secondary N) is 1. The number of rotatable bonds is 6. The Morgan fingerprint density at radius 3 is 2.27 bits per heavy atom. The van der Waals surface area contributed by atoms with Gasteiger partial charge in [-0.3, -0.25) is 14.4 Å². The number of esters is 1. The fraction of sp³-hybridized carbons (Fsp3) is 0.438. The molecule has 1 aromatic rings. The van der Waals surface area contributed by atoms with Crippen LogP contribution in [0.2, 0.25) is 5.02 Å². The highest BCUT2D eigenvalue weighted by Gasteiger charge is 2.22. The first-order valence-corrected chi connectivity index (χ1v) is 7.30. The minimum atomic E-state index is -0.539. The molecule has 5 nitrogen and oxygen atoms in total. The molecule has 120 valence electrons. The lowest BCUT2D eigenvalue weighted by Gasteiger charge is -2.16. The van der Waals surface area contributed by atoms with Gasteiger partial charge in [0.25, 0.3) is 5.91 Å². The lowest BCUT2D eigenvalue weighted by Crippen LogP contribution is -2.29. The molecule has 0 atom stereocenters. The summed E-state index contributed by atoms with van der Waals surface area (Å²) in [6, 6.07) is 6.42. The SMILES string of the molecule is CC(C)(C)C(=O)COC(=O)CCNC(=O)c1ccc(Cl)cc1. The van der Waals surface area contributed by atoms with E-state index in [-0.39, 0.29) is 31.3 Å². The molecule has 0 saturated carbocycles. The molecule has 0 aliphatic carbocycles. The Balaban J connectivity index is 2.29. The van der Waals surface area contributed by atoms with Crippen molar-refractivity contribution < 1.29 is 19.1 Å². The predicted molar refractivity (Wildman–Crippen MR) is 83.8 cm³/mol. The number of amides is 1. The number of benzene rings is 1. The molecule has 0 unspecified atom stereocenters. The van der Waals surface area contributed by atoms with Gasteiger partial charge in [-0.15, -0.1) is 0 Å². The normalized spacial score (nSPS) is 10.9. The first kappa shape index (κ1) is 18.2. The van der Waals surface area contributed by atoms with Gasteiger partial charge in [0.1, 0.15) is 0 Å². The molecule has 22 heavy (non-hydrogen) atoms. The summed E-state index contributed by atoms with van der Waals surface area (Å²) in [5, 5.41) is 3.14. The summed E-state index contributed by atoms with van der Waals surface area (Å²) in [6.07, 6.45) is 0.0107. The number of Topliss-reactive ketones (excluding diaryl/α,β-unsaturated/α-hetero) is 1. The van der Waals surface area contributed by atoms with Gasteiger partial charge >= 0.3 is 5.97 Å². The Morgan fingerprint density at radius 1 is 1.14 bits per heavy atom. The minimum Gasteiger partial charge on any atom is -0.458 e. The van der Waals surface area contributed by atoms with Crippen molar-refractivity contribution in [3.8, 4) is 0 Å². The Kier molecular flexibility index (Phi) is 6.56. The van der Waals surface area contributed by atoms with Crippen LogP contribution in [0.3, 0.4) is 0 Å². The molecule has 0 aliphatic rings. The molecule has 0 fully saturated rings. The van der Waals surface area contributed by atoms with Crippen molar-refractivity contribution >= 4 is 29.3 Å². The van der Waals surface area contributed by atoms with E-state index in [9.17, 15) is 14.4 Å². The highest BCUT2D eigenvalue weighted by Crippen LogP contribution is 2.14. The van der Waals surface area contributed by atoms with Crippen molar-refractivity contribution in [2.45, 2.75) is 27.2 Å². The molecule has 1 rings (SSSR count). The maximum absolute atomic E-state index is 11.8. The third kappa shape index (κ3) is 6.26. The molecular formula is C16H20ClNO4. The van der Waals surface area contributed by atoms with Crippen molar-refractivity contribution in [3.63, 3.8) is 0 Å². The van der Waals surface area contributed by atoms with Crippen LogP contribution in [0.4, 0.5) is 0 Å². The zero-order valence-corrected chi connectivity index (χ0v) is 13.7. The summed E-state index contributed by atoms with van der Waals surface area (Å²) < 4.78 is 4.88. The van der Waals surface area contributed by atoms with E-state index in [2.05, 4.69) is 5.32 Å². The molecular weight excluding hydrogens is 306 g/mol. The summed E-state index contributed by atoms with van der Waals surface area (Å²) in [7, 11) is 0. The maximum Gasteiger partial charge on any atom is 0.308 e. The molecule has 0 bridgehead atoms. The monoisotopic (exact) mass is 325 g/mol. The van der Waals surface area contributed by atoms with Gasteiger partial charge in [0.05, 0.1) is 6.42 Å². The van der Waals surface area contributed by atoms with Crippen LogP contribution in [0.1, 0.15) is 37.6 Å². The van der Waals surface area contributed by atoms with Gasteiger partial charge in [-0.1, -0.05) is 32.4 Å². The Hall–Kier alpha value is -1.88. The van der Waals surface area contributed by atoms with Crippen LogP contribution >= 0.6 is 11.6 Å². The van der Waals surface area contributed by atoms with Crippen LogP contribution in [-0.4, -0.2) is 30.8 Å². The Labute approximate surface area is 135 Å². The first-order valence-electron chi connectivity index (χ1n) is 6.93. The third-order valence-electron chi connectivity index (χ3n) is 2.92. The van der Waals surface area contributed by atoms with Crippen LogP contribution in [-0.2, 0) is 14.3 Å². The molecule has 0 radical (unpaired) electrons. The standard InChI is InChI=1S/C16H20ClNO4/c1-16(2,3)13(19)10-22-14(20)8-9-18-15(21)11-4-6-12(17)7-5-11/h4-7H,8-10H2,1-3H3,(H,18,21). The lowest BCUT2D eigenvalue weighted by molar-refractivity contribution is -0.149. The van der Waals surface area contributed by atoms with Crippen molar-refractivity contribution in [3.05, 3.63) is 34.9 Å². The van der Waals surface area contributed by atoms with E-state index in [0.717, 1.165) is 0 Å². The average molecular weight is 326 g/mol. The molecule has 0 aliphatic heterocycles. The lowest BCUT2D eigenvalue weighted by atomic mass is 9.91. The second kappa shape index (κ2) is 7.94. The van der Waals surface area contributed by atoms with E-state index in [1.54, 1.807) is 45.0 Å².